The van der Waals surface area contributed by atoms with Crippen molar-refractivity contribution in [1.29, 1.82) is 0 Å². The SMILES string of the molecule is C=C(C/C=C(\C)CCC=C(C)C)CCC(C)(C)/C=C/CC/C(C)=C/COC(COP(=O)(O)OC1OC(C(=O)O)C(C)(O)C(OC(N)=O)C1OC1OC(COC2OC(CO)C(O)C(O)C2O)C(OC2OC(C)C(OC3OC(C(=O)NC4=C(O)CCC4=O)C(O)C(O)C3O)C(O)C2NC(C)=O)C(O)C1NC(C)=O)C(=O)O. The van der Waals surface area contributed by atoms with Gasteiger partial charge in [-0.2, -0.15) is 0 Å². The lowest BCUT2D eigenvalue weighted by Crippen LogP contribution is -2.72. The monoisotopic (exact) mass is 1580 g/mol. The molecule has 27 atom stereocenters. The normalized spacial score (nSPS) is 35.6. The Kier molecular flexibility index (Phi) is 34.1. The highest BCUT2D eigenvalue weighted by molar-refractivity contribution is 7.47. The number of nitrogens with two attached hydrogens (primary N) is 1. The molecule has 39 nitrogen and oxygen atoms in total. The summed E-state index contributed by atoms with van der Waals surface area (Å²) < 4.78 is 88.5. The number of carboxylic acids is 2. The van der Waals surface area contributed by atoms with Gasteiger partial charge >= 0.3 is 25.9 Å². The number of Topliss-reactive ketones (excluding diaryl/α,β-unsaturated/α-hetero) is 1. The molecule has 1 aliphatic carbocycles. The van der Waals surface area contributed by atoms with Gasteiger partial charge in [0.05, 0.1) is 32.5 Å². The first kappa shape index (κ1) is 91.7. The number of primary amides is 1. The number of phosphoric acid groups is 1. The van der Waals surface area contributed by atoms with Crippen LogP contribution in [0, 0.1) is 5.41 Å². The van der Waals surface area contributed by atoms with E-state index >= 15 is 0 Å². The Balaban J connectivity index is 1.25. The first-order valence-electron chi connectivity index (χ1n) is 35.3. The molecule has 5 heterocycles. The summed E-state index contributed by atoms with van der Waals surface area (Å²) in [7, 11) is -5.89. The molecule has 0 spiro atoms. The van der Waals surface area contributed by atoms with Gasteiger partial charge in [-0.05, 0) is 91.9 Å². The molecule has 5 fully saturated rings. The van der Waals surface area contributed by atoms with Crippen LogP contribution in [0.1, 0.15) is 127 Å². The number of aliphatic carboxylic acids is 2. The summed E-state index contributed by atoms with van der Waals surface area (Å²) in [6.45, 7) is 16.6. The number of aliphatic hydroxyl groups is 11. The summed E-state index contributed by atoms with van der Waals surface area (Å²) in [6.07, 6.45) is -36.2. The third kappa shape index (κ3) is 25.4. The molecule has 5 aliphatic heterocycles. The Morgan fingerprint density at radius 2 is 1.29 bits per heavy atom. The minimum Gasteiger partial charge on any atom is -0.510 e. The zero-order valence-electron chi connectivity index (χ0n) is 62.1. The molecule has 618 valence electrons. The molecule has 109 heavy (non-hydrogen) atoms. The maximum Gasteiger partial charge on any atom is 0.474 e. The van der Waals surface area contributed by atoms with Gasteiger partial charge in [0.25, 0.3) is 5.91 Å². The Bertz CT molecular complexity index is 3360. The lowest BCUT2D eigenvalue weighted by Gasteiger charge is -2.51. The third-order valence-corrected chi connectivity index (χ3v) is 19.8. The van der Waals surface area contributed by atoms with Crippen LogP contribution >= 0.6 is 7.82 Å². The second kappa shape index (κ2) is 40.5. The minimum atomic E-state index is -5.89. The highest BCUT2D eigenvalue weighted by Gasteiger charge is 2.63. The second-order valence-corrected chi connectivity index (χ2v) is 30.2. The smallest absolute Gasteiger partial charge is 0.474 e. The summed E-state index contributed by atoms with van der Waals surface area (Å²) in [5.74, 6) is -8.21. The summed E-state index contributed by atoms with van der Waals surface area (Å²) >= 11 is 0. The quantitative estimate of drug-likeness (QED) is 0.0250. The van der Waals surface area contributed by atoms with Gasteiger partial charge in [0, 0.05) is 26.7 Å². The maximum atomic E-state index is 14.1. The molecule has 0 aromatic heterocycles. The number of ether oxygens (including phenoxy) is 11. The number of phosphoric ester groups is 1. The van der Waals surface area contributed by atoms with E-state index in [0.717, 1.165) is 57.1 Å². The summed E-state index contributed by atoms with van der Waals surface area (Å²) in [5, 5.41) is 149. The standard InChI is InChI=1S/C69H107N4O35P/c1-30(2)15-14-17-31(3)18-19-33(5)22-25-68(9,10)24-13-12-16-32(4)23-26-96-41(60(88)89)29-98-109(94,95)108-66-56(57(107-67(70)92)69(11,93)58(106-66)61(90)91)105-63-44(72-36(8)76)47(81)54(40(101-63)28-97-64-51(85)48(82)45(79)39(27-74)100-64)103-62-43(71-35(7)75)46(80)53(34(6)99-62)102-65-52(86)49(83)50(84)55(104-65)59(87)73-42-37(77)20-21-38(42)78/h13,15,18,23-24,34,39-41,43-58,62-66,74,77,79-86,93H,5,12,14,16-17,19-22,25-29H2,1-4,6-11H3,(H2,70,92)(H,71,75)(H,72,76)(H,73,87)(H,88,89)(H,90,91)(H,94,95)/b24-13+,31-18+,32-23+. The Labute approximate surface area is 628 Å². The molecule has 4 amide bonds. The highest BCUT2D eigenvalue weighted by Crippen LogP contribution is 2.49. The molecular formula is C69H107N4O35P. The van der Waals surface area contributed by atoms with Gasteiger partial charge in [-0.15, -0.1) is 0 Å². The predicted molar refractivity (Wildman–Crippen MR) is 370 cm³/mol. The molecule has 0 bridgehead atoms. The summed E-state index contributed by atoms with van der Waals surface area (Å²) in [6, 6.07) is -4.03. The van der Waals surface area contributed by atoms with Crippen LogP contribution in [0.2, 0.25) is 0 Å². The molecular weight excluding hydrogens is 1480 g/mol. The van der Waals surface area contributed by atoms with E-state index in [1.807, 2.05) is 6.08 Å². The number of carbonyl (C=O) groups excluding carboxylic acids is 5. The van der Waals surface area contributed by atoms with Crippen molar-refractivity contribution in [3.63, 3.8) is 0 Å². The van der Waals surface area contributed by atoms with Crippen molar-refractivity contribution in [2.45, 2.75) is 286 Å². The number of hydrogen-bond donors (Lipinski definition) is 18. The number of hydrogen-bond acceptors (Lipinski definition) is 32. The number of aliphatic hydroxyl groups excluding tert-OH is 10. The van der Waals surface area contributed by atoms with E-state index in [-0.39, 0.29) is 24.9 Å². The molecule has 6 aliphatic rings. The molecule has 0 aromatic carbocycles. The van der Waals surface area contributed by atoms with Gasteiger partial charge in [0.1, 0.15) is 102 Å². The largest absolute Gasteiger partial charge is 0.510 e. The molecule has 0 saturated carbocycles. The number of carboxylic acid groups (broad SMARTS) is 2. The van der Waals surface area contributed by atoms with Crippen LogP contribution in [0.25, 0.3) is 0 Å². The van der Waals surface area contributed by atoms with E-state index in [0.29, 0.717) is 19.8 Å². The molecule has 40 heteroatoms. The zero-order chi connectivity index (χ0) is 81.5. The molecule has 0 aromatic rings. The van der Waals surface area contributed by atoms with Crippen LogP contribution in [0.15, 0.2) is 70.7 Å². The third-order valence-electron chi connectivity index (χ3n) is 18.9. The Hall–Kier alpha value is -6.16. The lowest BCUT2D eigenvalue weighted by atomic mass is 9.85. The summed E-state index contributed by atoms with van der Waals surface area (Å²) in [5.41, 5.74) is 6.20. The average molecular weight is 1580 g/mol. The molecule has 19 N–H and O–H groups in total. The minimum absolute atomic E-state index is 0.131. The summed E-state index contributed by atoms with van der Waals surface area (Å²) in [4.78, 5) is 101. The average Bonchev–Trinajstić information content (AvgIpc) is 1.80. The lowest BCUT2D eigenvalue weighted by molar-refractivity contribution is -0.375. The van der Waals surface area contributed by atoms with E-state index in [1.165, 1.54) is 18.1 Å². The van der Waals surface area contributed by atoms with Crippen LogP contribution < -0.4 is 21.7 Å². The first-order chi connectivity index (χ1) is 50.9. The van der Waals surface area contributed by atoms with Crippen LogP contribution in [0.4, 0.5) is 4.79 Å². The van der Waals surface area contributed by atoms with Crippen molar-refractivity contribution in [3.05, 3.63) is 70.7 Å². The fourth-order valence-electron chi connectivity index (χ4n) is 12.6. The highest BCUT2D eigenvalue weighted by atomic mass is 31.2. The van der Waals surface area contributed by atoms with Gasteiger partial charge in [-0.3, -0.25) is 28.2 Å². The van der Waals surface area contributed by atoms with Crippen molar-refractivity contribution in [3.8, 4) is 0 Å². The van der Waals surface area contributed by atoms with E-state index in [2.05, 4.69) is 75.4 Å². The van der Waals surface area contributed by atoms with Crippen LogP contribution in [-0.4, -0.2) is 298 Å². The van der Waals surface area contributed by atoms with Crippen LogP contribution in [-0.2, 0) is 94.5 Å². The van der Waals surface area contributed by atoms with Crippen molar-refractivity contribution < 1.29 is 171 Å². The van der Waals surface area contributed by atoms with Gasteiger partial charge in [-0.25, -0.2) is 18.9 Å². The number of amides is 4. The predicted octanol–water partition coefficient (Wildman–Crippen LogP) is -1.43. The fraction of sp³-hybridized carbons (Fsp3) is 0.725. The van der Waals surface area contributed by atoms with Crippen LogP contribution in [0.3, 0.4) is 0 Å². The number of allylic oxidation sites excluding steroid dienone is 10. The topological polar surface area (TPSA) is 602 Å². The van der Waals surface area contributed by atoms with E-state index in [9.17, 15) is 109 Å². The van der Waals surface area contributed by atoms with Gasteiger partial charge < -0.3 is 145 Å². The van der Waals surface area contributed by atoms with Gasteiger partial charge in [0.15, 0.2) is 67.8 Å². The first-order valence-corrected chi connectivity index (χ1v) is 36.8. The van der Waals surface area contributed by atoms with Crippen molar-refractivity contribution in [2.24, 2.45) is 11.1 Å². The fourth-order valence-corrected chi connectivity index (χ4v) is 13.4. The van der Waals surface area contributed by atoms with Gasteiger partial charge in [-0.1, -0.05) is 73.1 Å². The molecule has 6 rings (SSSR count). The number of nitrogens with one attached hydrogen (secondary N) is 3. The zero-order valence-corrected chi connectivity index (χ0v) is 63.0. The number of rotatable bonds is 37. The number of carbonyl (C=O) groups is 7. The van der Waals surface area contributed by atoms with Gasteiger partial charge in [0.2, 0.25) is 11.8 Å². The second-order valence-electron chi connectivity index (χ2n) is 28.8. The Morgan fingerprint density at radius 1 is 0.716 bits per heavy atom. The van der Waals surface area contributed by atoms with E-state index < -0.39 is 240 Å². The molecule has 0 radical (unpaired) electrons. The van der Waals surface area contributed by atoms with E-state index in [4.69, 9.17) is 66.9 Å². The number of ketones is 1. The van der Waals surface area contributed by atoms with Crippen LogP contribution in [0.5, 0.6) is 0 Å². The van der Waals surface area contributed by atoms with Crippen molar-refractivity contribution >= 4 is 49.4 Å². The molecule has 27 unspecified atom stereocenters. The van der Waals surface area contributed by atoms with Crippen molar-refractivity contribution in [2.75, 3.05) is 26.4 Å². The molecule has 5 saturated heterocycles. The maximum absolute atomic E-state index is 14.1. The Morgan fingerprint density at radius 3 is 1.88 bits per heavy atom. The van der Waals surface area contributed by atoms with E-state index in [1.54, 1.807) is 13.0 Å². The van der Waals surface area contributed by atoms with Crippen molar-refractivity contribution in [1.82, 2.24) is 16.0 Å².